The number of hydrogen-bond donors (Lipinski definition) is 2. The Kier molecular flexibility index (Phi) is 4.12. The predicted octanol–water partition coefficient (Wildman–Crippen LogP) is 1.72. The second kappa shape index (κ2) is 5.14. The molecule has 2 N–H and O–H groups in total. The molecule has 1 aromatic carbocycles. The van der Waals surface area contributed by atoms with Gasteiger partial charge in [-0.1, -0.05) is 12.1 Å². The molecule has 1 aromatic rings. The van der Waals surface area contributed by atoms with Gasteiger partial charge in [0.1, 0.15) is 0 Å². The van der Waals surface area contributed by atoms with Crippen molar-refractivity contribution in [3.63, 3.8) is 0 Å². The van der Waals surface area contributed by atoms with E-state index in [4.69, 9.17) is 0 Å². The van der Waals surface area contributed by atoms with Gasteiger partial charge < -0.3 is 10.6 Å². The molecule has 0 saturated carbocycles. The van der Waals surface area contributed by atoms with E-state index in [9.17, 15) is 4.79 Å². The molecule has 0 aromatic heterocycles. The van der Waals surface area contributed by atoms with Crippen LogP contribution in [0.3, 0.4) is 0 Å². The Morgan fingerprint density at radius 1 is 1.53 bits per heavy atom. The van der Waals surface area contributed by atoms with Crippen molar-refractivity contribution < 1.29 is 4.79 Å². The third kappa shape index (κ3) is 2.94. The molecule has 1 aliphatic heterocycles. The molecule has 1 aliphatic rings. The minimum Gasteiger partial charge on any atom is -0.325 e. The molecule has 4 heteroatoms. The van der Waals surface area contributed by atoms with Gasteiger partial charge in [0, 0.05) is 5.69 Å². The first-order valence-electron chi connectivity index (χ1n) is 4.86. The van der Waals surface area contributed by atoms with Crippen LogP contribution in [0, 0.1) is 6.92 Å². The lowest BCUT2D eigenvalue weighted by Gasteiger charge is -2.26. The van der Waals surface area contributed by atoms with Crippen LogP contribution in [-0.2, 0) is 4.79 Å². The highest BCUT2D eigenvalue weighted by Gasteiger charge is 2.24. The maximum atomic E-state index is 11.5. The molecule has 0 radical (unpaired) electrons. The summed E-state index contributed by atoms with van der Waals surface area (Å²) in [5, 5.41) is 5.95. The van der Waals surface area contributed by atoms with Gasteiger partial charge >= 0.3 is 0 Å². The van der Waals surface area contributed by atoms with Crippen LogP contribution in [0.2, 0.25) is 0 Å². The number of carbonyl (C=O) groups is 1. The van der Waals surface area contributed by atoms with Crippen LogP contribution in [0.25, 0.3) is 0 Å². The van der Waals surface area contributed by atoms with E-state index >= 15 is 0 Å². The van der Waals surface area contributed by atoms with E-state index < -0.39 is 0 Å². The molecule has 1 amide bonds. The fourth-order valence-electron chi connectivity index (χ4n) is 1.46. The Bertz CT molecular complexity index is 350. The number of nitrogens with one attached hydrogen (secondary N) is 2. The number of rotatable bonds is 2. The summed E-state index contributed by atoms with van der Waals surface area (Å²) < 4.78 is 0. The average Bonchev–Trinajstić information content (AvgIpc) is 1.99. The minimum absolute atomic E-state index is 0. The summed E-state index contributed by atoms with van der Waals surface area (Å²) in [5.74, 6) is 0.0712. The third-order valence-corrected chi connectivity index (χ3v) is 2.43. The predicted molar refractivity (Wildman–Crippen MR) is 63.5 cm³/mol. The Labute approximate surface area is 95.7 Å². The largest absolute Gasteiger partial charge is 0.325 e. The molecule has 0 unspecified atom stereocenters. The summed E-state index contributed by atoms with van der Waals surface area (Å²) in [6.45, 7) is 2.96. The zero-order chi connectivity index (χ0) is 9.97. The Morgan fingerprint density at radius 3 is 2.80 bits per heavy atom. The molecule has 0 aliphatic carbocycles. The number of anilines is 1. The highest BCUT2D eigenvalue weighted by molar-refractivity contribution is 5.95. The maximum Gasteiger partial charge on any atom is 0.241 e. The summed E-state index contributed by atoms with van der Waals surface area (Å²) >= 11 is 0. The van der Waals surface area contributed by atoms with Crippen LogP contribution in [-0.4, -0.2) is 18.5 Å². The normalized spacial score (nSPS) is 18.6. The van der Waals surface area contributed by atoms with E-state index in [1.54, 1.807) is 0 Å². The van der Waals surface area contributed by atoms with Crippen molar-refractivity contribution >= 4 is 24.0 Å². The van der Waals surface area contributed by atoms with Crippen molar-refractivity contribution in [1.29, 1.82) is 0 Å². The average molecular weight is 227 g/mol. The molecule has 1 fully saturated rings. The number of amides is 1. The first-order chi connectivity index (χ1) is 6.75. The zero-order valence-corrected chi connectivity index (χ0v) is 9.43. The molecule has 1 heterocycles. The first-order valence-corrected chi connectivity index (χ1v) is 4.86. The van der Waals surface area contributed by atoms with Crippen molar-refractivity contribution in [2.24, 2.45) is 0 Å². The fourth-order valence-corrected chi connectivity index (χ4v) is 1.46. The third-order valence-electron chi connectivity index (χ3n) is 2.43. The lowest BCUT2D eigenvalue weighted by atomic mass is 10.1. The topological polar surface area (TPSA) is 41.1 Å². The van der Waals surface area contributed by atoms with Gasteiger partial charge in [0.25, 0.3) is 0 Å². The number of carbonyl (C=O) groups excluding carboxylic acids is 1. The van der Waals surface area contributed by atoms with Gasteiger partial charge in [-0.25, -0.2) is 0 Å². The Hall–Kier alpha value is -1.06. The van der Waals surface area contributed by atoms with Crippen LogP contribution < -0.4 is 10.6 Å². The summed E-state index contributed by atoms with van der Waals surface area (Å²) in [6, 6.07) is 7.84. The molecule has 2 rings (SSSR count). The Morgan fingerprint density at radius 2 is 2.27 bits per heavy atom. The van der Waals surface area contributed by atoms with Crippen LogP contribution in [0.15, 0.2) is 24.3 Å². The van der Waals surface area contributed by atoms with Crippen molar-refractivity contribution in [3.05, 3.63) is 29.8 Å². The molecule has 3 nitrogen and oxygen atoms in total. The summed E-state index contributed by atoms with van der Waals surface area (Å²) in [7, 11) is 0. The Balaban J connectivity index is 0.00000112. The van der Waals surface area contributed by atoms with Crippen LogP contribution >= 0.6 is 12.4 Å². The lowest BCUT2D eigenvalue weighted by molar-refractivity contribution is -0.119. The zero-order valence-electron chi connectivity index (χ0n) is 8.62. The fraction of sp³-hybridized carbons (Fsp3) is 0.364. The molecule has 0 bridgehead atoms. The van der Waals surface area contributed by atoms with Gasteiger partial charge in [-0.15, -0.1) is 12.4 Å². The summed E-state index contributed by atoms with van der Waals surface area (Å²) in [4.78, 5) is 11.5. The standard InChI is InChI=1S/C11H14N2O.ClH/c1-8-3-2-4-9(7-8)13-11(14)10-5-6-12-10;/h2-4,7,10,12H,5-6H2,1H3,(H,13,14);1H/t10-;/m1./s1. The molecule has 15 heavy (non-hydrogen) atoms. The second-order valence-electron chi connectivity index (χ2n) is 3.65. The number of aryl methyl sites for hydroxylation is 1. The molecular formula is C11H15ClN2O. The maximum absolute atomic E-state index is 11.5. The number of halogens is 1. The van der Waals surface area contributed by atoms with E-state index in [0.29, 0.717) is 0 Å². The SMILES string of the molecule is Cc1cccc(NC(=O)[C@H]2CCN2)c1.Cl. The van der Waals surface area contributed by atoms with Gasteiger partial charge in [0.05, 0.1) is 6.04 Å². The van der Waals surface area contributed by atoms with Crippen molar-refractivity contribution in [1.82, 2.24) is 5.32 Å². The number of hydrogen-bond acceptors (Lipinski definition) is 2. The highest BCUT2D eigenvalue weighted by atomic mass is 35.5. The lowest BCUT2D eigenvalue weighted by Crippen LogP contribution is -2.50. The highest BCUT2D eigenvalue weighted by Crippen LogP contribution is 2.11. The van der Waals surface area contributed by atoms with E-state index in [1.807, 2.05) is 31.2 Å². The van der Waals surface area contributed by atoms with Crippen LogP contribution in [0.5, 0.6) is 0 Å². The van der Waals surface area contributed by atoms with Crippen LogP contribution in [0.4, 0.5) is 5.69 Å². The number of benzene rings is 1. The summed E-state index contributed by atoms with van der Waals surface area (Å²) in [6.07, 6.45) is 0.942. The smallest absolute Gasteiger partial charge is 0.241 e. The molecule has 0 spiro atoms. The van der Waals surface area contributed by atoms with E-state index in [1.165, 1.54) is 0 Å². The minimum atomic E-state index is 0. The van der Waals surface area contributed by atoms with Crippen molar-refractivity contribution in [3.8, 4) is 0 Å². The van der Waals surface area contributed by atoms with Gasteiger partial charge in [-0.3, -0.25) is 4.79 Å². The molecule has 1 atom stereocenters. The van der Waals surface area contributed by atoms with Gasteiger partial charge in [0.15, 0.2) is 0 Å². The first kappa shape index (κ1) is 12.0. The molecule has 82 valence electrons. The van der Waals surface area contributed by atoms with Crippen molar-refractivity contribution in [2.45, 2.75) is 19.4 Å². The van der Waals surface area contributed by atoms with Gasteiger partial charge in [0.2, 0.25) is 5.91 Å². The molecule has 1 saturated heterocycles. The van der Waals surface area contributed by atoms with E-state index in [2.05, 4.69) is 10.6 Å². The second-order valence-corrected chi connectivity index (χ2v) is 3.65. The van der Waals surface area contributed by atoms with Crippen LogP contribution in [0.1, 0.15) is 12.0 Å². The summed E-state index contributed by atoms with van der Waals surface area (Å²) in [5.41, 5.74) is 2.04. The van der Waals surface area contributed by atoms with Gasteiger partial charge in [-0.2, -0.15) is 0 Å². The van der Waals surface area contributed by atoms with E-state index in [0.717, 1.165) is 24.2 Å². The molecular weight excluding hydrogens is 212 g/mol. The van der Waals surface area contributed by atoms with E-state index in [-0.39, 0.29) is 24.4 Å². The quantitative estimate of drug-likeness (QED) is 0.806. The van der Waals surface area contributed by atoms with Crippen molar-refractivity contribution in [2.75, 3.05) is 11.9 Å². The van der Waals surface area contributed by atoms with Gasteiger partial charge in [-0.05, 0) is 37.6 Å². The monoisotopic (exact) mass is 226 g/mol.